The van der Waals surface area contributed by atoms with Crippen molar-refractivity contribution in [3.63, 3.8) is 0 Å². The number of anilines is 1. The second-order valence-electron chi connectivity index (χ2n) is 5.76. The lowest BCUT2D eigenvalue weighted by Crippen LogP contribution is -2.36. The van der Waals surface area contributed by atoms with E-state index in [2.05, 4.69) is 5.32 Å². The Kier molecular flexibility index (Phi) is 4.96. The van der Waals surface area contributed by atoms with E-state index in [-0.39, 0.29) is 17.1 Å². The van der Waals surface area contributed by atoms with Gasteiger partial charge in [-0.25, -0.2) is 17.6 Å². The number of nitrogens with one attached hydrogen (secondary N) is 1. The predicted molar refractivity (Wildman–Crippen MR) is 93.1 cm³/mol. The molecule has 2 atom stereocenters. The molecule has 8 heteroatoms. The van der Waals surface area contributed by atoms with E-state index in [0.29, 0.717) is 10.7 Å². The van der Waals surface area contributed by atoms with Gasteiger partial charge < -0.3 is 10.1 Å². The summed E-state index contributed by atoms with van der Waals surface area (Å²) in [6.45, 7) is 0. The largest absolute Gasteiger partial charge is 0.455 e. The minimum Gasteiger partial charge on any atom is -0.455 e. The van der Waals surface area contributed by atoms with Crippen molar-refractivity contribution < 1.29 is 22.3 Å². The first-order chi connectivity index (χ1) is 11.8. The molecule has 0 aliphatic carbocycles. The molecule has 0 amide bonds. The number of carbonyl (C=O) groups excluding carboxylic acids is 1. The maximum atomic E-state index is 13.7. The van der Waals surface area contributed by atoms with Gasteiger partial charge in [-0.05, 0) is 36.4 Å². The predicted octanol–water partition coefficient (Wildman–Crippen LogP) is 2.91. The standard InChI is InChI=1S/C17H15ClFNO4S/c18-11-5-7-12(8-6-11)20-15-9-25(22,23)10-16(15)24-17(21)13-3-1-2-4-14(13)19/h1-8,15-16,20H,9-10H2/t15-,16-/m1/s1. The molecule has 0 unspecified atom stereocenters. The second-order valence-corrected chi connectivity index (χ2v) is 8.35. The third-order valence-electron chi connectivity index (χ3n) is 3.85. The summed E-state index contributed by atoms with van der Waals surface area (Å²) in [6.07, 6.45) is -0.909. The Morgan fingerprint density at radius 3 is 2.48 bits per heavy atom. The van der Waals surface area contributed by atoms with Crippen LogP contribution in [-0.4, -0.2) is 38.0 Å². The van der Waals surface area contributed by atoms with Crippen LogP contribution in [0.4, 0.5) is 10.1 Å². The van der Waals surface area contributed by atoms with Crippen molar-refractivity contribution in [1.29, 1.82) is 0 Å². The lowest BCUT2D eigenvalue weighted by atomic mass is 10.2. The number of carbonyl (C=O) groups is 1. The molecule has 1 heterocycles. The van der Waals surface area contributed by atoms with Crippen LogP contribution in [0.25, 0.3) is 0 Å². The van der Waals surface area contributed by atoms with Crippen LogP contribution in [0.2, 0.25) is 5.02 Å². The van der Waals surface area contributed by atoms with Crippen molar-refractivity contribution in [2.24, 2.45) is 0 Å². The summed E-state index contributed by atoms with van der Waals surface area (Å²) in [5.41, 5.74) is 0.426. The summed E-state index contributed by atoms with van der Waals surface area (Å²) in [7, 11) is -3.37. The second kappa shape index (κ2) is 7.01. The average molecular weight is 384 g/mol. The van der Waals surface area contributed by atoms with Crippen LogP contribution in [0.1, 0.15) is 10.4 Å². The molecular formula is C17H15ClFNO4S. The number of hydrogen-bond donors (Lipinski definition) is 1. The molecule has 0 saturated carbocycles. The van der Waals surface area contributed by atoms with Crippen molar-refractivity contribution in [1.82, 2.24) is 0 Å². The monoisotopic (exact) mass is 383 g/mol. The average Bonchev–Trinajstić information content (AvgIpc) is 2.83. The van der Waals surface area contributed by atoms with Gasteiger partial charge >= 0.3 is 5.97 Å². The van der Waals surface area contributed by atoms with Gasteiger partial charge in [0.1, 0.15) is 11.9 Å². The zero-order chi connectivity index (χ0) is 18.0. The highest BCUT2D eigenvalue weighted by Gasteiger charge is 2.40. The van der Waals surface area contributed by atoms with E-state index < -0.39 is 33.8 Å². The van der Waals surface area contributed by atoms with Crippen molar-refractivity contribution in [2.75, 3.05) is 16.8 Å². The number of esters is 1. The number of sulfone groups is 1. The normalized spacial score (nSPS) is 21.7. The Balaban J connectivity index is 1.77. The third-order valence-corrected chi connectivity index (χ3v) is 5.80. The van der Waals surface area contributed by atoms with Crippen LogP contribution in [-0.2, 0) is 14.6 Å². The molecule has 1 saturated heterocycles. The van der Waals surface area contributed by atoms with E-state index in [9.17, 15) is 17.6 Å². The fourth-order valence-corrected chi connectivity index (χ4v) is 4.56. The molecule has 2 aromatic rings. The molecule has 132 valence electrons. The third kappa shape index (κ3) is 4.29. The Morgan fingerprint density at radius 1 is 1.12 bits per heavy atom. The van der Waals surface area contributed by atoms with Crippen LogP contribution >= 0.6 is 11.6 Å². The van der Waals surface area contributed by atoms with Gasteiger partial charge in [-0.3, -0.25) is 0 Å². The maximum Gasteiger partial charge on any atom is 0.341 e. The Labute approximate surface area is 149 Å². The molecule has 1 N–H and O–H groups in total. The Bertz CT molecular complexity index is 886. The summed E-state index contributed by atoms with van der Waals surface area (Å²) in [5.74, 6) is -2.08. The minimum atomic E-state index is -3.37. The summed E-state index contributed by atoms with van der Waals surface area (Å²) in [6, 6.07) is 11.5. The molecule has 2 aromatic carbocycles. The van der Waals surface area contributed by atoms with Gasteiger partial charge in [0.05, 0.1) is 23.1 Å². The van der Waals surface area contributed by atoms with Crippen LogP contribution in [0.3, 0.4) is 0 Å². The molecule has 0 aromatic heterocycles. The summed E-state index contributed by atoms with van der Waals surface area (Å²) in [4.78, 5) is 12.2. The van der Waals surface area contributed by atoms with Crippen molar-refractivity contribution in [2.45, 2.75) is 12.1 Å². The zero-order valence-corrected chi connectivity index (χ0v) is 14.6. The molecule has 0 radical (unpaired) electrons. The van der Waals surface area contributed by atoms with Crippen molar-refractivity contribution in [3.05, 3.63) is 64.9 Å². The number of hydrogen-bond acceptors (Lipinski definition) is 5. The van der Waals surface area contributed by atoms with Crippen LogP contribution in [0.15, 0.2) is 48.5 Å². The topological polar surface area (TPSA) is 72.5 Å². The molecule has 0 bridgehead atoms. The van der Waals surface area contributed by atoms with Gasteiger partial charge in [-0.15, -0.1) is 0 Å². The molecule has 25 heavy (non-hydrogen) atoms. The first-order valence-electron chi connectivity index (χ1n) is 7.52. The van der Waals surface area contributed by atoms with Gasteiger partial charge in [0, 0.05) is 10.7 Å². The SMILES string of the molecule is O=C(O[C@@H]1CS(=O)(=O)C[C@H]1Nc1ccc(Cl)cc1)c1ccccc1F. The number of halogens is 2. The van der Waals surface area contributed by atoms with E-state index in [1.165, 1.54) is 18.2 Å². The Morgan fingerprint density at radius 2 is 1.80 bits per heavy atom. The molecular weight excluding hydrogens is 369 g/mol. The first-order valence-corrected chi connectivity index (χ1v) is 9.72. The van der Waals surface area contributed by atoms with E-state index in [4.69, 9.17) is 16.3 Å². The van der Waals surface area contributed by atoms with E-state index in [1.54, 1.807) is 24.3 Å². The first kappa shape index (κ1) is 17.7. The van der Waals surface area contributed by atoms with Crippen molar-refractivity contribution in [3.8, 4) is 0 Å². The number of ether oxygens (including phenoxy) is 1. The highest BCUT2D eigenvalue weighted by atomic mass is 35.5. The fourth-order valence-electron chi connectivity index (χ4n) is 2.65. The quantitative estimate of drug-likeness (QED) is 0.822. The number of rotatable bonds is 4. The zero-order valence-electron chi connectivity index (χ0n) is 13.0. The van der Waals surface area contributed by atoms with Crippen molar-refractivity contribution >= 4 is 33.1 Å². The lowest BCUT2D eigenvalue weighted by molar-refractivity contribution is 0.0331. The van der Waals surface area contributed by atoms with Gasteiger partial charge in [0.15, 0.2) is 9.84 Å². The van der Waals surface area contributed by atoms with Crippen LogP contribution in [0.5, 0.6) is 0 Å². The smallest absolute Gasteiger partial charge is 0.341 e. The summed E-state index contributed by atoms with van der Waals surface area (Å²) < 4.78 is 42.9. The molecule has 5 nitrogen and oxygen atoms in total. The Hall–Kier alpha value is -2.12. The molecule has 1 fully saturated rings. The van der Waals surface area contributed by atoms with Gasteiger partial charge in [0.2, 0.25) is 0 Å². The lowest BCUT2D eigenvalue weighted by Gasteiger charge is -2.21. The summed E-state index contributed by atoms with van der Waals surface area (Å²) >= 11 is 5.83. The van der Waals surface area contributed by atoms with Crippen LogP contribution in [0, 0.1) is 5.82 Å². The molecule has 0 spiro atoms. The minimum absolute atomic E-state index is 0.176. The van der Waals surface area contributed by atoms with Gasteiger partial charge in [-0.1, -0.05) is 23.7 Å². The summed E-state index contributed by atoms with van der Waals surface area (Å²) in [5, 5.41) is 3.58. The van der Waals surface area contributed by atoms with Gasteiger partial charge in [-0.2, -0.15) is 0 Å². The van der Waals surface area contributed by atoms with Gasteiger partial charge in [0.25, 0.3) is 0 Å². The highest BCUT2D eigenvalue weighted by molar-refractivity contribution is 7.91. The van der Waals surface area contributed by atoms with E-state index >= 15 is 0 Å². The molecule has 1 aliphatic heterocycles. The van der Waals surface area contributed by atoms with E-state index in [0.717, 1.165) is 6.07 Å². The number of benzene rings is 2. The molecule has 1 aliphatic rings. The van der Waals surface area contributed by atoms with E-state index in [1.807, 2.05) is 0 Å². The molecule has 3 rings (SSSR count). The fraction of sp³-hybridized carbons (Fsp3) is 0.235. The maximum absolute atomic E-state index is 13.7. The van der Waals surface area contributed by atoms with Crippen LogP contribution < -0.4 is 5.32 Å². The highest BCUT2D eigenvalue weighted by Crippen LogP contribution is 2.23.